The maximum absolute atomic E-state index is 12.9. The molecule has 0 spiro atoms. The van der Waals surface area contributed by atoms with Crippen LogP contribution >= 0.6 is 11.6 Å². The van der Waals surface area contributed by atoms with E-state index in [2.05, 4.69) is 0 Å². The van der Waals surface area contributed by atoms with Crippen LogP contribution < -0.4 is 10.6 Å². The Morgan fingerprint density at radius 1 is 0.826 bits per heavy atom. The number of benzene rings is 3. The summed E-state index contributed by atoms with van der Waals surface area (Å²) in [6.45, 7) is 0. The van der Waals surface area contributed by atoms with Crippen molar-refractivity contribution < 1.29 is 9.59 Å². The average Bonchev–Trinajstić information content (AvgIpc) is 2.56. The number of nitrogens with two attached hydrogens (primary N) is 1. The lowest BCUT2D eigenvalue weighted by Crippen LogP contribution is -2.40. The predicted octanol–water partition coefficient (Wildman–Crippen LogP) is 3.88. The van der Waals surface area contributed by atoms with Crippen molar-refractivity contribution in [2.75, 3.05) is 10.6 Å². The Bertz CT molecular complexity index is 975. The van der Waals surface area contributed by atoms with Gasteiger partial charge in [-0.15, -0.1) is 0 Å². The molecule has 112 valence electrons. The van der Waals surface area contributed by atoms with Gasteiger partial charge < -0.3 is 5.73 Å². The van der Waals surface area contributed by atoms with Crippen LogP contribution in [0.15, 0.2) is 54.6 Å². The van der Waals surface area contributed by atoms with Crippen molar-refractivity contribution in [3.8, 4) is 0 Å². The van der Waals surface area contributed by atoms with Gasteiger partial charge in [0.2, 0.25) is 0 Å². The molecule has 23 heavy (non-hydrogen) atoms. The van der Waals surface area contributed by atoms with Gasteiger partial charge >= 0.3 is 0 Å². The second-order valence-electron chi connectivity index (χ2n) is 5.33. The van der Waals surface area contributed by atoms with Crippen LogP contribution in [-0.4, -0.2) is 11.8 Å². The zero-order valence-corrected chi connectivity index (χ0v) is 12.7. The van der Waals surface area contributed by atoms with E-state index in [1.807, 2.05) is 0 Å². The van der Waals surface area contributed by atoms with Crippen LogP contribution in [0.3, 0.4) is 0 Å². The summed E-state index contributed by atoms with van der Waals surface area (Å²) in [4.78, 5) is 26.9. The lowest BCUT2D eigenvalue weighted by Gasteiger charge is -2.28. The molecule has 0 aromatic heterocycles. The van der Waals surface area contributed by atoms with E-state index >= 15 is 0 Å². The van der Waals surface area contributed by atoms with Gasteiger partial charge in [-0.1, -0.05) is 35.9 Å². The van der Waals surface area contributed by atoms with Crippen LogP contribution in [0.5, 0.6) is 0 Å². The summed E-state index contributed by atoms with van der Waals surface area (Å²) >= 11 is 6.20. The van der Waals surface area contributed by atoms with E-state index in [9.17, 15) is 9.59 Å². The largest absolute Gasteiger partial charge is 0.397 e. The van der Waals surface area contributed by atoms with Crippen LogP contribution in [0.4, 0.5) is 11.4 Å². The molecule has 0 atom stereocenters. The Morgan fingerprint density at radius 2 is 1.52 bits per heavy atom. The molecule has 2 amide bonds. The van der Waals surface area contributed by atoms with Gasteiger partial charge in [-0.05, 0) is 30.3 Å². The number of hydrogen-bond donors (Lipinski definition) is 1. The summed E-state index contributed by atoms with van der Waals surface area (Å²) in [6, 6.07) is 15.4. The maximum atomic E-state index is 12.9. The molecule has 4 rings (SSSR count). The summed E-state index contributed by atoms with van der Waals surface area (Å²) in [6.07, 6.45) is 0. The highest BCUT2D eigenvalue weighted by Crippen LogP contribution is 2.37. The van der Waals surface area contributed by atoms with Crippen molar-refractivity contribution in [1.29, 1.82) is 0 Å². The standard InChI is InChI=1S/C18H11ClN2O2/c19-13-9-8-12-16-10(13)4-3-5-11(16)17(22)21(18(12)23)15-7-2-1-6-14(15)20/h1-9H,20H2. The van der Waals surface area contributed by atoms with Crippen molar-refractivity contribution in [1.82, 2.24) is 0 Å². The predicted molar refractivity (Wildman–Crippen MR) is 91.0 cm³/mol. The lowest BCUT2D eigenvalue weighted by atomic mass is 9.93. The van der Waals surface area contributed by atoms with E-state index in [1.165, 1.54) is 0 Å². The Kier molecular flexibility index (Phi) is 2.89. The maximum Gasteiger partial charge on any atom is 0.266 e. The van der Waals surface area contributed by atoms with Crippen molar-refractivity contribution in [2.45, 2.75) is 0 Å². The molecule has 1 aliphatic rings. The summed E-state index contributed by atoms with van der Waals surface area (Å²) in [5, 5.41) is 1.81. The fraction of sp³-hybridized carbons (Fsp3) is 0. The van der Waals surface area contributed by atoms with Gasteiger partial charge in [-0.25, -0.2) is 4.90 Å². The van der Waals surface area contributed by atoms with Gasteiger partial charge in [0.1, 0.15) is 0 Å². The quantitative estimate of drug-likeness (QED) is 0.546. The molecule has 3 aromatic rings. The smallest absolute Gasteiger partial charge is 0.266 e. The van der Waals surface area contributed by atoms with Crippen LogP contribution in [-0.2, 0) is 0 Å². The lowest BCUT2D eigenvalue weighted by molar-refractivity contribution is 0.0893. The second-order valence-corrected chi connectivity index (χ2v) is 5.73. The monoisotopic (exact) mass is 322 g/mol. The minimum Gasteiger partial charge on any atom is -0.397 e. The molecule has 0 fully saturated rings. The third-order valence-corrected chi connectivity index (χ3v) is 4.36. The van der Waals surface area contributed by atoms with Crippen molar-refractivity contribution in [3.63, 3.8) is 0 Å². The first-order valence-corrected chi connectivity index (χ1v) is 7.42. The molecule has 5 heteroatoms. The van der Waals surface area contributed by atoms with E-state index in [4.69, 9.17) is 17.3 Å². The van der Waals surface area contributed by atoms with Gasteiger partial charge in [-0.3, -0.25) is 9.59 Å². The topological polar surface area (TPSA) is 63.4 Å². The number of carbonyl (C=O) groups is 2. The van der Waals surface area contributed by atoms with Crippen molar-refractivity contribution >= 4 is 45.6 Å². The average molecular weight is 323 g/mol. The van der Waals surface area contributed by atoms with E-state index in [-0.39, 0.29) is 0 Å². The Balaban J connectivity index is 2.04. The number of halogens is 1. The molecule has 0 saturated carbocycles. The molecule has 0 bridgehead atoms. The summed E-state index contributed by atoms with van der Waals surface area (Å²) < 4.78 is 0. The highest BCUT2D eigenvalue weighted by Gasteiger charge is 2.35. The third-order valence-electron chi connectivity index (χ3n) is 4.03. The first-order chi connectivity index (χ1) is 11.1. The molecule has 0 radical (unpaired) electrons. The van der Waals surface area contributed by atoms with Gasteiger partial charge in [0.15, 0.2) is 0 Å². The first-order valence-electron chi connectivity index (χ1n) is 7.04. The Morgan fingerprint density at radius 3 is 2.26 bits per heavy atom. The minimum absolute atomic E-state index is 0.374. The zero-order valence-electron chi connectivity index (χ0n) is 11.9. The van der Waals surface area contributed by atoms with Gasteiger partial charge in [0, 0.05) is 26.9 Å². The van der Waals surface area contributed by atoms with Crippen molar-refractivity contribution in [3.05, 3.63) is 70.7 Å². The van der Waals surface area contributed by atoms with E-state index in [0.717, 1.165) is 4.90 Å². The highest BCUT2D eigenvalue weighted by atomic mass is 35.5. The molecule has 2 N–H and O–H groups in total. The fourth-order valence-corrected chi connectivity index (χ4v) is 3.19. The number of amides is 2. The molecule has 0 saturated heterocycles. The number of para-hydroxylation sites is 2. The number of nitrogens with zero attached hydrogens (tertiary/aromatic N) is 1. The molecule has 3 aromatic carbocycles. The number of carbonyl (C=O) groups excluding carboxylic acids is 2. The summed E-state index contributed by atoms with van der Waals surface area (Å²) in [5.41, 5.74) is 7.61. The molecular weight excluding hydrogens is 312 g/mol. The van der Waals surface area contributed by atoms with Gasteiger partial charge in [-0.2, -0.15) is 0 Å². The van der Waals surface area contributed by atoms with Crippen LogP contribution in [0.2, 0.25) is 5.02 Å². The highest BCUT2D eigenvalue weighted by molar-refractivity contribution is 6.41. The third kappa shape index (κ3) is 1.85. The van der Waals surface area contributed by atoms with Crippen molar-refractivity contribution in [2.24, 2.45) is 0 Å². The SMILES string of the molecule is Nc1ccccc1N1C(=O)c2cccc3c(Cl)ccc(c23)C1=O. The number of hydrogen-bond acceptors (Lipinski definition) is 3. The zero-order chi connectivity index (χ0) is 16.1. The normalized spacial score (nSPS) is 13.7. The fourth-order valence-electron chi connectivity index (χ4n) is 2.97. The van der Waals surface area contributed by atoms with E-state index < -0.39 is 11.8 Å². The van der Waals surface area contributed by atoms with Gasteiger partial charge in [0.05, 0.1) is 11.4 Å². The molecule has 1 heterocycles. The second kappa shape index (κ2) is 4.83. The first kappa shape index (κ1) is 13.8. The summed E-state index contributed by atoms with van der Waals surface area (Å²) in [5.74, 6) is -0.790. The number of anilines is 2. The van der Waals surface area contributed by atoms with E-state index in [1.54, 1.807) is 54.6 Å². The van der Waals surface area contributed by atoms with Crippen LogP contribution in [0, 0.1) is 0 Å². The number of imide groups is 1. The van der Waals surface area contributed by atoms with Crippen LogP contribution in [0.1, 0.15) is 20.7 Å². The van der Waals surface area contributed by atoms with Crippen LogP contribution in [0.25, 0.3) is 10.8 Å². The number of rotatable bonds is 1. The minimum atomic E-state index is -0.395. The Hall–Kier alpha value is -2.85. The Labute approximate surface area is 137 Å². The molecule has 0 aliphatic carbocycles. The molecule has 1 aliphatic heterocycles. The van der Waals surface area contributed by atoms with E-state index in [0.29, 0.717) is 38.3 Å². The molecule has 0 unspecified atom stereocenters. The molecule has 4 nitrogen and oxygen atoms in total. The summed E-state index contributed by atoms with van der Waals surface area (Å²) in [7, 11) is 0. The number of nitrogen functional groups attached to an aromatic ring is 1. The van der Waals surface area contributed by atoms with Gasteiger partial charge in [0.25, 0.3) is 11.8 Å². The molecular formula is C18H11ClN2O2.